The minimum Gasteiger partial charge on any atom is -0.463 e. The van der Waals surface area contributed by atoms with Gasteiger partial charge in [-0.25, -0.2) is 10.2 Å². The number of ether oxygens (including phenoxy) is 2. The number of hydrogen-bond acceptors (Lipinski definition) is 10. The molecule has 0 unspecified atom stereocenters. The Kier molecular flexibility index (Phi) is 8.79. The molecule has 1 aromatic heterocycles. The fraction of sp³-hybridized carbons (Fsp3) is 0.500. The molecule has 0 saturated carbocycles. The fourth-order valence-electron chi connectivity index (χ4n) is 3.71. The Morgan fingerprint density at radius 1 is 1.29 bits per heavy atom. The molecule has 1 fully saturated rings. The molecule has 12 heteroatoms. The van der Waals surface area contributed by atoms with Gasteiger partial charge in [0, 0.05) is 6.54 Å². The lowest BCUT2D eigenvalue weighted by atomic mass is 10.1. The lowest BCUT2D eigenvalue weighted by Crippen LogP contribution is -2.43. The molecule has 2 heterocycles. The van der Waals surface area contributed by atoms with Gasteiger partial charge in [0.05, 0.1) is 25.2 Å². The van der Waals surface area contributed by atoms with Crippen LogP contribution in [0.5, 0.6) is 6.01 Å². The number of carbonyl (C=O) groups is 1. The molecule has 0 atom stereocenters. The summed E-state index contributed by atoms with van der Waals surface area (Å²) in [4.78, 5) is 33.7. The summed E-state index contributed by atoms with van der Waals surface area (Å²) in [5, 5.41) is 13.0. The van der Waals surface area contributed by atoms with E-state index in [1.807, 2.05) is 31.2 Å². The summed E-state index contributed by atoms with van der Waals surface area (Å²) in [6.45, 7) is 5.35. The van der Waals surface area contributed by atoms with E-state index >= 15 is 0 Å². The number of nitrogens with one attached hydrogen (secondary N) is 1. The topological polar surface area (TPSA) is 149 Å². The summed E-state index contributed by atoms with van der Waals surface area (Å²) in [5.74, 6) is -0.555. The molecule has 0 radical (unpaired) electrons. The highest BCUT2D eigenvalue weighted by molar-refractivity contribution is 5.74. The van der Waals surface area contributed by atoms with Crippen molar-refractivity contribution < 1.29 is 19.2 Å². The van der Waals surface area contributed by atoms with Crippen molar-refractivity contribution in [1.29, 1.82) is 0 Å². The molecule has 1 amide bonds. The summed E-state index contributed by atoms with van der Waals surface area (Å²) in [7, 11) is 1.20. The second kappa shape index (κ2) is 12.0. The number of anilines is 2. The second-order valence-corrected chi connectivity index (χ2v) is 8.02. The van der Waals surface area contributed by atoms with E-state index in [2.05, 4.69) is 20.3 Å². The number of hydrogen-bond donors (Lipinski definition) is 2. The van der Waals surface area contributed by atoms with Crippen LogP contribution in [0.25, 0.3) is 0 Å². The van der Waals surface area contributed by atoms with Crippen molar-refractivity contribution in [3.63, 3.8) is 0 Å². The minimum atomic E-state index is -0.812. The van der Waals surface area contributed by atoms with E-state index in [4.69, 9.17) is 15.2 Å². The van der Waals surface area contributed by atoms with Crippen LogP contribution in [0.3, 0.4) is 0 Å². The molecular formula is C22H31N7O5. The van der Waals surface area contributed by atoms with Gasteiger partial charge in [0.1, 0.15) is 0 Å². The van der Waals surface area contributed by atoms with Crippen molar-refractivity contribution in [3.8, 4) is 6.01 Å². The van der Waals surface area contributed by atoms with Gasteiger partial charge in [0.2, 0.25) is 11.6 Å². The molecule has 1 saturated heterocycles. The normalized spacial score (nSPS) is 13.5. The molecule has 3 N–H and O–H groups in total. The Labute approximate surface area is 198 Å². The number of unbranched alkanes of at least 4 members (excludes halogenated alkanes) is 1. The molecular weight excluding hydrogens is 442 g/mol. The molecule has 1 aliphatic rings. The maximum Gasteiger partial charge on any atom is 0.425 e. The molecule has 3 rings (SSSR count). The average Bonchev–Trinajstić information content (AvgIpc) is 3.31. The van der Waals surface area contributed by atoms with Crippen LogP contribution in [0, 0.1) is 10.1 Å². The van der Waals surface area contributed by atoms with Crippen molar-refractivity contribution in [3.05, 3.63) is 45.5 Å². The highest BCUT2D eigenvalue weighted by Crippen LogP contribution is 2.33. The quantitative estimate of drug-likeness (QED) is 0.283. The second-order valence-electron chi connectivity index (χ2n) is 8.02. The molecule has 34 heavy (non-hydrogen) atoms. The van der Waals surface area contributed by atoms with Crippen molar-refractivity contribution >= 4 is 23.4 Å². The average molecular weight is 474 g/mol. The van der Waals surface area contributed by atoms with E-state index in [0.29, 0.717) is 6.61 Å². The summed E-state index contributed by atoms with van der Waals surface area (Å²) < 4.78 is 10.2. The van der Waals surface area contributed by atoms with Crippen LogP contribution in [0.4, 0.5) is 22.1 Å². The van der Waals surface area contributed by atoms with Gasteiger partial charge in [-0.1, -0.05) is 37.6 Å². The number of nitro groups is 1. The van der Waals surface area contributed by atoms with Gasteiger partial charge < -0.3 is 15.2 Å². The van der Waals surface area contributed by atoms with Crippen LogP contribution >= 0.6 is 0 Å². The van der Waals surface area contributed by atoms with E-state index in [-0.39, 0.29) is 24.2 Å². The lowest BCUT2D eigenvalue weighted by molar-refractivity contribution is -0.383. The Hall–Kier alpha value is -3.67. The molecule has 1 aromatic carbocycles. The number of likely N-dealkylation sites (tertiary alicyclic amines) is 1. The maximum atomic E-state index is 12.1. The first-order chi connectivity index (χ1) is 16.4. The van der Waals surface area contributed by atoms with Crippen LogP contribution in [0.2, 0.25) is 0 Å². The van der Waals surface area contributed by atoms with Gasteiger partial charge >= 0.3 is 17.8 Å². The highest BCUT2D eigenvalue weighted by Gasteiger charge is 2.29. The van der Waals surface area contributed by atoms with Crippen molar-refractivity contribution in [2.75, 3.05) is 37.5 Å². The third kappa shape index (κ3) is 6.67. The Morgan fingerprint density at radius 2 is 2.03 bits per heavy atom. The molecule has 2 aromatic rings. The van der Waals surface area contributed by atoms with Crippen LogP contribution < -0.4 is 20.9 Å². The number of amides is 1. The number of carbonyl (C=O) groups excluding carboxylic acids is 1. The lowest BCUT2D eigenvalue weighted by Gasteiger charge is -2.24. The standard InChI is InChI=1S/C22H31N7O5/c1-3-4-12-34-21-24-19(23)18(29(31)32)20(25-21)28(26-22(30)33-2)15-17-9-7-8-16(13-17)14-27-10-5-6-11-27/h7-9,13H,3-6,10-12,14-15H2,1-2H3,(H,26,30)(H2,23,24,25). The number of nitrogens with zero attached hydrogens (tertiary/aromatic N) is 5. The van der Waals surface area contributed by atoms with Gasteiger partial charge in [0.15, 0.2) is 0 Å². The molecule has 0 spiro atoms. The third-order valence-electron chi connectivity index (χ3n) is 5.39. The number of rotatable bonds is 11. The Morgan fingerprint density at radius 3 is 2.71 bits per heavy atom. The molecule has 1 aliphatic heterocycles. The van der Waals surface area contributed by atoms with Gasteiger partial charge in [-0.05, 0) is 43.5 Å². The van der Waals surface area contributed by atoms with E-state index in [9.17, 15) is 14.9 Å². The monoisotopic (exact) mass is 473 g/mol. The van der Waals surface area contributed by atoms with Gasteiger partial charge in [-0.15, -0.1) is 0 Å². The first-order valence-corrected chi connectivity index (χ1v) is 11.3. The summed E-state index contributed by atoms with van der Waals surface area (Å²) in [6.07, 6.45) is 3.21. The van der Waals surface area contributed by atoms with Gasteiger partial charge in [-0.3, -0.25) is 20.0 Å². The zero-order valence-electron chi connectivity index (χ0n) is 19.5. The predicted octanol–water partition coefficient (Wildman–Crippen LogP) is 3.02. The zero-order chi connectivity index (χ0) is 24.5. The number of nitrogens with two attached hydrogens (primary N) is 1. The van der Waals surface area contributed by atoms with Crippen LogP contribution in [-0.2, 0) is 17.8 Å². The number of nitrogen functional groups attached to an aromatic ring is 1. The van der Waals surface area contributed by atoms with E-state index in [0.717, 1.165) is 43.6 Å². The smallest absolute Gasteiger partial charge is 0.425 e. The highest BCUT2D eigenvalue weighted by atomic mass is 16.6. The SMILES string of the molecule is CCCCOc1nc(N)c([N+](=O)[O-])c(N(Cc2cccc(CN3CCCC3)c2)NC(=O)OC)n1. The van der Waals surface area contributed by atoms with E-state index in [1.54, 1.807) is 0 Å². The first-order valence-electron chi connectivity index (χ1n) is 11.3. The number of aromatic nitrogens is 2. The van der Waals surface area contributed by atoms with Gasteiger partial charge in [-0.2, -0.15) is 9.97 Å². The van der Waals surface area contributed by atoms with E-state index in [1.165, 1.54) is 25.0 Å². The third-order valence-corrected chi connectivity index (χ3v) is 5.39. The molecule has 0 bridgehead atoms. The minimum absolute atomic E-state index is 0.0780. The summed E-state index contributed by atoms with van der Waals surface area (Å²) >= 11 is 0. The van der Waals surface area contributed by atoms with Crippen LogP contribution in [-0.4, -0.2) is 52.7 Å². The van der Waals surface area contributed by atoms with Crippen LogP contribution in [0.1, 0.15) is 43.7 Å². The van der Waals surface area contributed by atoms with Crippen molar-refractivity contribution in [2.45, 2.75) is 45.7 Å². The Bertz CT molecular complexity index is 998. The first kappa shape index (κ1) is 25.0. The predicted molar refractivity (Wildman–Crippen MR) is 126 cm³/mol. The van der Waals surface area contributed by atoms with E-state index < -0.39 is 16.7 Å². The summed E-state index contributed by atoms with van der Waals surface area (Å²) in [5.41, 5.74) is 9.77. The van der Waals surface area contributed by atoms with Crippen molar-refractivity contribution in [1.82, 2.24) is 20.3 Å². The Balaban J connectivity index is 1.93. The zero-order valence-corrected chi connectivity index (χ0v) is 19.5. The summed E-state index contributed by atoms with van der Waals surface area (Å²) in [6, 6.07) is 7.71. The maximum absolute atomic E-state index is 12.1. The number of hydrazine groups is 1. The molecule has 184 valence electrons. The van der Waals surface area contributed by atoms with Crippen molar-refractivity contribution in [2.24, 2.45) is 0 Å². The van der Waals surface area contributed by atoms with Crippen LogP contribution in [0.15, 0.2) is 24.3 Å². The number of methoxy groups -OCH3 is 1. The largest absolute Gasteiger partial charge is 0.463 e. The number of benzene rings is 1. The fourth-order valence-corrected chi connectivity index (χ4v) is 3.71. The molecule has 12 nitrogen and oxygen atoms in total. The molecule has 0 aliphatic carbocycles. The van der Waals surface area contributed by atoms with Gasteiger partial charge in [0.25, 0.3) is 0 Å².